The third-order valence-electron chi connectivity index (χ3n) is 5.12. The van der Waals surface area contributed by atoms with Crippen molar-refractivity contribution in [2.75, 3.05) is 31.1 Å². The zero-order chi connectivity index (χ0) is 19.7. The van der Waals surface area contributed by atoms with Crippen LogP contribution in [0.5, 0.6) is 0 Å². The van der Waals surface area contributed by atoms with Crippen molar-refractivity contribution in [2.45, 2.75) is 33.7 Å². The second-order valence-corrected chi connectivity index (χ2v) is 9.09. The summed E-state index contributed by atoms with van der Waals surface area (Å²) >= 11 is 6.46. The van der Waals surface area contributed by atoms with E-state index < -0.39 is 0 Å². The minimum absolute atomic E-state index is 0.134. The van der Waals surface area contributed by atoms with Gasteiger partial charge in [0, 0.05) is 43.8 Å². The predicted molar refractivity (Wildman–Crippen MR) is 116 cm³/mol. The smallest absolute Gasteiger partial charge is 0.162 e. The molecule has 0 amide bonds. The van der Waals surface area contributed by atoms with Gasteiger partial charge in [-0.3, -0.25) is 0 Å². The maximum absolute atomic E-state index is 6.46. The molecule has 1 saturated heterocycles. The van der Waals surface area contributed by atoms with Gasteiger partial charge in [-0.15, -0.1) is 0 Å². The Labute approximate surface area is 171 Å². The molecule has 1 aromatic carbocycles. The van der Waals surface area contributed by atoms with E-state index in [9.17, 15) is 0 Å². The van der Waals surface area contributed by atoms with Crippen molar-refractivity contribution in [1.82, 2.24) is 19.9 Å². The molecular formula is C22H28ClN5. The second-order valence-electron chi connectivity index (χ2n) is 8.68. The highest BCUT2D eigenvalue weighted by molar-refractivity contribution is 6.31. The minimum Gasteiger partial charge on any atom is -0.367 e. The number of anilines is 1. The fraction of sp³-hybridized carbons (Fsp3) is 0.455. The molecule has 5 nitrogen and oxygen atoms in total. The largest absolute Gasteiger partial charge is 0.367 e. The van der Waals surface area contributed by atoms with Gasteiger partial charge in [-0.2, -0.15) is 0 Å². The van der Waals surface area contributed by atoms with E-state index in [1.54, 1.807) is 0 Å². The van der Waals surface area contributed by atoms with Crippen LogP contribution in [0.15, 0.2) is 36.5 Å². The molecule has 1 aliphatic rings. The average molecular weight is 398 g/mol. The first kappa shape index (κ1) is 19.2. The first-order chi connectivity index (χ1) is 13.4. The molecule has 3 aromatic rings. The number of aromatic nitrogens is 3. The van der Waals surface area contributed by atoms with Crippen molar-refractivity contribution in [3.05, 3.63) is 52.9 Å². The Morgan fingerprint density at radius 2 is 1.86 bits per heavy atom. The lowest BCUT2D eigenvalue weighted by atomic mass is 9.92. The first-order valence-corrected chi connectivity index (χ1v) is 10.3. The maximum atomic E-state index is 6.46. The lowest BCUT2D eigenvalue weighted by Gasteiger charge is -2.29. The van der Waals surface area contributed by atoms with Crippen molar-refractivity contribution in [3.8, 4) is 0 Å². The van der Waals surface area contributed by atoms with Crippen LogP contribution in [-0.4, -0.2) is 40.7 Å². The number of imidazole rings is 1. The number of rotatable bonds is 4. The number of fused-ring (bicyclic) bond motifs is 1. The summed E-state index contributed by atoms with van der Waals surface area (Å²) in [6.45, 7) is 11.4. The standard InChI is InChI=1S/C22H28ClN5/c1-22(2,3)14-19-26-20-18(27-12-10-24-11-13-27)8-9-25-21(20)28(19)15-16-6-4-5-7-17(16)23/h4-9,24H,10-15H2,1-3H3. The molecule has 0 atom stereocenters. The van der Waals surface area contributed by atoms with Gasteiger partial charge in [0.2, 0.25) is 0 Å². The number of benzene rings is 1. The first-order valence-electron chi connectivity index (χ1n) is 9.95. The van der Waals surface area contributed by atoms with Gasteiger partial charge < -0.3 is 14.8 Å². The van der Waals surface area contributed by atoms with E-state index in [4.69, 9.17) is 21.6 Å². The van der Waals surface area contributed by atoms with Crippen LogP contribution in [0.4, 0.5) is 5.69 Å². The summed E-state index contributed by atoms with van der Waals surface area (Å²) in [5.41, 5.74) is 4.34. The summed E-state index contributed by atoms with van der Waals surface area (Å²) in [6, 6.07) is 10.1. The van der Waals surface area contributed by atoms with Crippen LogP contribution in [0.25, 0.3) is 11.2 Å². The number of halogens is 1. The predicted octanol–water partition coefficient (Wildman–Crippen LogP) is 4.13. The fourth-order valence-electron chi connectivity index (χ4n) is 3.78. The number of hydrogen-bond donors (Lipinski definition) is 1. The van der Waals surface area contributed by atoms with Crippen LogP contribution < -0.4 is 10.2 Å². The number of nitrogens with zero attached hydrogens (tertiary/aromatic N) is 4. The van der Waals surface area contributed by atoms with Crippen molar-refractivity contribution in [3.63, 3.8) is 0 Å². The molecule has 0 radical (unpaired) electrons. The topological polar surface area (TPSA) is 46.0 Å². The van der Waals surface area contributed by atoms with Gasteiger partial charge in [0.15, 0.2) is 5.65 Å². The summed E-state index contributed by atoms with van der Waals surface area (Å²) in [7, 11) is 0. The van der Waals surface area contributed by atoms with E-state index in [0.717, 1.165) is 60.2 Å². The summed E-state index contributed by atoms with van der Waals surface area (Å²) in [5.74, 6) is 1.07. The Balaban J connectivity index is 1.83. The summed E-state index contributed by atoms with van der Waals surface area (Å²) in [6.07, 6.45) is 2.79. The van der Waals surface area contributed by atoms with Gasteiger partial charge in [-0.05, 0) is 23.1 Å². The minimum atomic E-state index is 0.134. The maximum Gasteiger partial charge on any atom is 0.162 e. The summed E-state index contributed by atoms with van der Waals surface area (Å²) in [4.78, 5) is 12.2. The van der Waals surface area contributed by atoms with E-state index >= 15 is 0 Å². The highest BCUT2D eigenvalue weighted by Gasteiger charge is 2.23. The van der Waals surface area contributed by atoms with E-state index in [1.165, 1.54) is 5.69 Å². The third-order valence-corrected chi connectivity index (χ3v) is 5.49. The Hall–Kier alpha value is -2.11. The molecular weight excluding hydrogens is 370 g/mol. The average Bonchev–Trinajstić information content (AvgIpc) is 3.00. The molecule has 1 N–H and O–H groups in total. The second kappa shape index (κ2) is 7.72. The number of pyridine rings is 1. The highest BCUT2D eigenvalue weighted by Crippen LogP contribution is 2.30. The van der Waals surface area contributed by atoms with Crippen molar-refractivity contribution in [2.24, 2.45) is 5.41 Å². The van der Waals surface area contributed by atoms with Crippen molar-refractivity contribution in [1.29, 1.82) is 0 Å². The summed E-state index contributed by atoms with van der Waals surface area (Å²) < 4.78 is 2.24. The van der Waals surface area contributed by atoms with Gasteiger partial charge in [-0.25, -0.2) is 9.97 Å². The molecule has 0 unspecified atom stereocenters. The molecule has 148 valence electrons. The molecule has 6 heteroatoms. The molecule has 0 spiro atoms. The van der Waals surface area contributed by atoms with Crippen LogP contribution in [0, 0.1) is 5.41 Å². The van der Waals surface area contributed by atoms with Crippen LogP contribution in [0.3, 0.4) is 0 Å². The normalized spacial score (nSPS) is 15.4. The van der Waals surface area contributed by atoms with Gasteiger partial charge in [-0.1, -0.05) is 50.6 Å². The molecule has 1 aliphatic heterocycles. The van der Waals surface area contributed by atoms with Crippen LogP contribution in [0.1, 0.15) is 32.2 Å². The third kappa shape index (κ3) is 4.01. The molecule has 2 aromatic heterocycles. The van der Waals surface area contributed by atoms with Crippen LogP contribution >= 0.6 is 11.6 Å². The Bertz CT molecular complexity index is 967. The lowest BCUT2D eigenvalue weighted by molar-refractivity contribution is 0.394. The number of nitrogens with one attached hydrogen (secondary N) is 1. The van der Waals surface area contributed by atoms with Crippen LogP contribution in [-0.2, 0) is 13.0 Å². The lowest BCUT2D eigenvalue weighted by Crippen LogP contribution is -2.43. The zero-order valence-corrected chi connectivity index (χ0v) is 17.6. The molecule has 0 aliphatic carbocycles. The van der Waals surface area contributed by atoms with E-state index in [1.807, 2.05) is 24.4 Å². The quantitative estimate of drug-likeness (QED) is 0.718. The van der Waals surface area contributed by atoms with E-state index in [0.29, 0.717) is 6.54 Å². The van der Waals surface area contributed by atoms with Crippen molar-refractivity contribution < 1.29 is 0 Å². The molecule has 3 heterocycles. The SMILES string of the molecule is CC(C)(C)Cc1nc2c(N3CCNCC3)ccnc2n1Cc1ccccc1Cl. The van der Waals surface area contributed by atoms with E-state index in [2.05, 4.69) is 47.7 Å². The Morgan fingerprint density at radius 1 is 1.11 bits per heavy atom. The van der Waals surface area contributed by atoms with Crippen molar-refractivity contribution >= 4 is 28.5 Å². The number of hydrogen-bond acceptors (Lipinski definition) is 4. The zero-order valence-electron chi connectivity index (χ0n) is 16.9. The highest BCUT2D eigenvalue weighted by atomic mass is 35.5. The molecule has 0 bridgehead atoms. The molecule has 0 saturated carbocycles. The van der Waals surface area contributed by atoms with E-state index in [-0.39, 0.29) is 5.41 Å². The molecule has 28 heavy (non-hydrogen) atoms. The Morgan fingerprint density at radius 3 is 2.57 bits per heavy atom. The summed E-state index contributed by atoms with van der Waals surface area (Å²) in [5, 5.41) is 4.20. The Kier molecular flexibility index (Phi) is 5.30. The monoisotopic (exact) mass is 397 g/mol. The van der Waals surface area contributed by atoms with Crippen LogP contribution in [0.2, 0.25) is 5.02 Å². The molecule has 4 rings (SSSR count). The van der Waals surface area contributed by atoms with Gasteiger partial charge in [0.25, 0.3) is 0 Å². The molecule has 1 fully saturated rings. The van der Waals surface area contributed by atoms with Gasteiger partial charge in [0.1, 0.15) is 11.3 Å². The van der Waals surface area contributed by atoms with Gasteiger partial charge in [0.05, 0.1) is 12.2 Å². The van der Waals surface area contributed by atoms with Gasteiger partial charge >= 0.3 is 0 Å². The number of piperazine rings is 1. The fourth-order valence-corrected chi connectivity index (χ4v) is 3.98.